The van der Waals surface area contributed by atoms with Gasteiger partial charge in [0.15, 0.2) is 11.6 Å². The van der Waals surface area contributed by atoms with Crippen molar-refractivity contribution in [3.63, 3.8) is 0 Å². The number of benzene rings is 1. The van der Waals surface area contributed by atoms with E-state index in [1.807, 2.05) is 6.20 Å². The average Bonchev–Trinajstić information content (AvgIpc) is 3.05. The molecule has 5 nitrogen and oxygen atoms in total. The molecule has 5 heteroatoms. The molecule has 0 N–H and O–H groups in total. The highest BCUT2D eigenvalue weighted by Crippen LogP contribution is 2.56. The van der Waals surface area contributed by atoms with Gasteiger partial charge in [0, 0.05) is 29.7 Å². The fourth-order valence-corrected chi connectivity index (χ4v) is 5.05. The van der Waals surface area contributed by atoms with Crippen LogP contribution < -0.4 is 9.80 Å². The fourth-order valence-electron chi connectivity index (χ4n) is 5.05. The molecule has 1 aromatic carbocycles. The first-order valence-corrected chi connectivity index (χ1v) is 9.25. The van der Waals surface area contributed by atoms with Gasteiger partial charge in [-0.25, -0.2) is 15.0 Å². The second-order valence-electron chi connectivity index (χ2n) is 7.48. The lowest BCUT2D eigenvalue weighted by molar-refractivity contribution is 0.331. The summed E-state index contributed by atoms with van der Waals surface area (Å²) in [4.78, 5) is 18.8. The third-order valence-corrected chi connectivity index (χ3v) is 6.30. The molecule has 7 rings (SSSR count). The van der Waals surface area contributed by atoms with Gasteiger partial charge in [0.05, 0.1) is 0 Å². The Labute approximate surface area is 152 Å². The number of pyridine rings is 1. The third kappa shape index (κ3) is 1.63. The number of rotatable bonds is 1. The Bertz CT molecular complexity index is 1010. The van der Waals surface area contributed by atoms with Crippen LogP contribution in [-0.4, -0.2) is 21.1 Å². The van der Waals surface area contributed by atoms with Crippen molar-refractivity contribution in [1.29, 1.82) is 0 Å². The van der Waals surface area contributed by atoms with Gasteiger partial charge in [0.2, 0.25) is 0 Å². The van der Waals surface area contributed by atoms with Gasteiger partial charge in [-0.05, 0) is 42.5 Å². The molecule has 0 aliphatic carbocycles. The minimum Gasteiger partial charge on any atom is -0.301 e. The van der Waals surface area contributed by atoms with E-state index in [-0.39, 0.29) is 11.6 Å². The van der Waals surface area contributed by atoms with Crippen LogP contribution in [0.15, 0.2) is 55.0 Å². The minimum absolute atomic E-state index is 0.101. The number of anilines is 4. The Morgan fingerprint density at radius 2 is 1.81 bits per heavy atom. The molecule has 0 amide bonds. The van der Waals surface area contributed by atoms with Crippen LogP contribution in [0.5, 0.6) is 0 Å². The van der Waals surface area contributed by atoms with Crippen LogP contribution in [0.3, 0.4) is 0 Å². The van der Waals surface area contributed by atoms with Crippen molar-refractivity contribution in [1.82, 2.24) is 15.0 Å². The van der Waals surface area contributed by atoms with E-state index in [0.717, 1.165) is 36.7 Å². The molecule has 4 aliphatic rings. The van der Waals surface area contributed by atoms with Crippen LogP contribution in [0, 0.1) is 0 Å². The van der Waals surface area contributed by atoms with E-state index in [0.29, 0.717) is 0 Å². The number of hydrogen-bond acceptors (Lipinski definition) is 5. The van der Waals surface area contributed by atoms with Crippen LogP contribution in [0.2, 0.25) is 0 Å². The Morgan fingerprint density at radius 1 is 1.00 bits per heavy atom. The lowest BCUT2D eigenvalue weighted by Gasteiger charge is -2.46. The Hall–Kier alpha value is -2.95. The molecule has 3 aromatic rings. The maximum atomic E-state index is 4.78. The zero-order valence-electron chi connectivity index (χ0n) is 14.6. The second kappa shape index (κ2) is 4.81. The zero-order valence-corrected chi connectivity index (χ0v) is 14.6. The van der Waals surface area contributed by atoms with E-state index in [9.17, 15) is 0 Å². The Kier molecular flexibility index (Phi) is 2.64. The summed E-state index contributed by atoms with van der Waals surface area (Å²) in [5, 5.41) is 0. The molecule has 0 saturated heterocycles. The zero-order chi connectivity index (χ0) is 17.3. The molecule has 6 heterocycles. The number of nitrogens with zero attached hydrogens (tertiary/aromatic N) is 5. The second-order valence-corrected chi connectivity index (χ2v) is 7.48. The minimum atomic E-state index is 0.101. The molecule has 0 radical (unpaired) electrons. The quantitative estimate of drug-likeness (QED) is 0.667. The topological polar surface area (TPSA) is 45.2 Å². The summed E-state index contributed by atoms with van der Waals surface area (Å²) in [6.07, 6.45) is 8.91. The van der Waals surface area contributed by atoms with E-state index >= 15 is 0 Å². The van der Waals surface area contributed by atoms with Gasteiger partial charge in [-0.3, -0.25) is 4.90 Å². The van der Waals surface area contributed by atoms with Gasteiger partial charge in [-0.1, -0.05) is 31.2 Å². The van der Waals surface area contributed by atoms with Crippen molar-refractivity contribution < 1.29 is 0 Å². The summed E-state index contributed by atoms with van der Waals surface area (Å²) >= 11 is 0. The molecule has 0 spiro atoms. The van der Waals surface area contributed by atoms with Crippen LogP contribution in [0.25, 0.3) is 0 Å². The van der Waals surface area contributed by atoms with Crippen molar-refractivity contribution in [2.45, 2.75) is 37.8 Å². The number of para-hydroxylation sites is 1. The van der Waals surface area contributed by atoms with E-state index < -0.39 is 0 Å². The van der Waals surface area contributed by atoms with Crippen LogP contribution in [0.4, 0.5) is 23.1 Å². The molecule has 2 aromatic heterocycles. The van der Waals surface area contributed by atoms with Gasteiger partial charge in [0.25, 0.3) is 0 Å². The lowest BCUT2D eigenvalue weighted by atomic mass is 9.68. The molecule has 4 aliphatic heterocycles. The van der Waals surface area contributed by atoms with Crippen molar-refractivity contribution in [3.05, 3.63) is 66.1 Å². The normalized spacial score (nSPS) is 24.6. The van der Waals surface area contributed by atoms with Crippen molar-refractivity contribution in [2.75, 3.05) is 9.80 Å². The molecule has 0 fully saturated rings. The summed E-state index contributed by atoms with van der Waals surface area (Å²) in [6, 6.07) is 13.2. The first-order chi connectivity index (χ1) is 12.8. The molecule has 0 saturated carbocycles. The molecule has 26 heavy (non-hydrogen) atoms. The molecule has 2 unspecified atom stereocenters. The first-order valence-electron chi connectivity index (χ1n) is 9.25. The molecular weight excluding hydrogens is 322 g/mol. The van der Waals surface area contributed by atoms with E-state index in [1.54, 1.807) is 12.4 Å². The van der Waals surface area contributed by atoms with Crippen LogP contribution >= 0.6 is 0 Å². The largest absolute Gasteiger partial charge is 0.301 e. The SMILES string of the molecule is CCC12Cc3ccc(nc3)N3c4nccnc4N(c4ccccc41)C3C2. The highest BCUT2D eigenvalue weighted by molar-refractivity contribution is 5.85. The lowest BCUT2D eigenvalue weighted by Crippen LogP contribution is -2.49. The average molecular weight is 341 g/mol. The van der Waals surface area contributed by atoms with Crippen molar-refractivity contribution in [2.24, 2.45) is 0 Å². The van der Waals surface area contributed by atoms with Gasteiger partial charge in [-0.2, -0.15) is 0 Å². The van der Waals surface area contributed by atoms with Crippen molar-refractivity contribution in [3.8, 4) is 0 Å². The summed E-state index contributed by atoms with van der Waals surface area (Å²) in [6.45, 7) is 2.31. The van der Waals surface area contributed by atoms with Gasteiger partial charge >= 0.3 is 0 Å². The van der Waals surface area contributed by atoms with E-state index in [1.165, 1.54) is 16.8 Å². The summed E-state index contributed by atoms with van der Waals surface area (Å²) in [5.74, 6) is 2.79. The number of aromatic nitrogens is 3. The predicted molar refractivity (Wildman–Crippen MR) is 101 cm³/mol. The molecule has 128 valence electrons. The third-order valence-electron chi connectivity index (χ3n) is 6.30. The molecule has 2 atom stereocenters. The fraction of sp³-hybridized carbons (Fsp3) is 0.286. The van der Waals surface area contributed by atoms with Crippen molar-refractivity contribution >= 4 is 23.1 Å². The van der Waals surface area contributed by atoms with Crippen LogP contribution in [0.1, 0.15) is 30.9 Å². The monoisotopic (exact) mass is 341 g/mol. The van der Waals surface area contributed by atoms with Gasteiger partial charge in [0.1, 0.15) is 12.0 Å². The standard InChI is InChI=1S/C21H19N5/c1-2-21-11-14-7-8-17(24-13-14)26-18(12-21)25(16-6-4-3-5-15(16)21)19-20(26)23-10-9-22-19/h3-10,13,18H,2,11-12H2,1H3. The molecular formula is C21H19N5. The van der Waals surface area contributed by atoms with Crippen LogP contribution in [-0.2, 0) is 11.8 Å². The summed E-state index contributed by atoms with van der Waals surface area (Å²) < 4.78 is 0. The Balaban J connectivity index is 1.73. The summed E-state index contributed by atoms with van der Waals surface area (Å²) in [5.41, 5.74) is 4.09. The predicted octanol–water partition coefficient (Wildman–Crippen LogP) is 4.10. The maximum absolute atomic E-state index is 4.78. The van der Waals surface area contributed by atoms with E-state index in [2.05, 4.69) is 58.1 Å². The number of fused-ring (bicyclic) bond motifs is 6. The summed E-state index contributed by atoms with van der Waals surface area (Å²) in [7, 11) is 0. The highest BCUT2D eigenvalue weighted by Gasteiger charge is 2.51. The van der Waals surface area contributed by atoms with Gasteiger partial charge in [-0.15, -0.1) is 0 Å². The molecule has 4 bridgehead atoms. The first kappa shape index (κ1) is 14.2. The van der Waals surface area contributed by atoms with Gasteiger partial charge < -0.3 is 4.90 Å². The highest BCUT2D eigenvalue weighted by atomic mass is 15.5. The maximum Gasteiger partial charge on any atom is 0.179 e. The Morgan fingerprint density at radius 3 is 2.58 bits per heavy atom. The smallest absolute Gasteiger partial charge is 0.179 e. The number of hydrogen-bond donors (Lipinski definition) is 0. The van der Waals surface area contributed by atoms with E-state index in [4.69, 9.17) is 9.97 Å².